The summed E-state index contributed by atoms with van der Waals surface area (Å²) in [4.78, 5) is 0. The SMILES string of the molecule is CCOc1ccc([Te]CC2CCCCO2)cc1. The predicted octanol–water partition coefficient (Wildman–Crippen LogP) is 2.40. The molecule has 1 atom stereocenters. The maximum absolute atomic E-state index is 5.77. The number of hydrogen-bond acceptors (Lipinski definition) is 2. The summed E-state index contributed by atoms with van der Waals surface area (Å²) in [5, 5.41) is 0. The quantitative estimate of drug-likeness (QED) is 0.761. The molecule has 0 aliphatic carbocycles. The standard InChI is InChI=1S/C14H20O2Te/c1-2-15-12-6-8-14(9-7-12)17-11-13-5-3-4-10-16-13/h6-9,13H,2-5,10-11H2,1H3. The van der Waals surface area contributed by atoms with Gasteiger partial charge in [-0.05, 0) is 0 Å². The molecular formula is C14H20O2Te. The van der Waals surface area contributed by atoms with Crippen molar-refractivity contribution in [3.8, 4) is 5.75 Å². The molecule has 94 valence electrons. The molecule has 0 aromatic heterocycles. The van der Waals surface area contributed by atoms with Gasteiger partial charge in [0.05, 0.1) is 0 Å². The van der Waals surface area contributed by atoms with Crippen LogP contribution in [-0.2, 0) is 4.74 Å². The third kappa shape index (κ3) is 4.50. The number of rotatable bonds is 5. The van der Waals surface area contributed by atoms with Gasteiger partial charge in [-0.3, -0.25) is 0 Å². The van der Waals surface area contributed by atoms with Crippen LogP contribution in [0.1, 0.15) is 26.2 Å². The third-order valence-corrected chi connectivity index (χ3v) is 6.11. The van der Waals surface area contributed by atoms with Crippen molar-refractivity contribution in [3.63, 3.8) is 0 Å². The Balaban J connectivity index is 1.77. The predicted molar refractivity (Wildman–Crippen MR) is 71.4 cm³/mol. The van der Waals surface area contributed by atoms with Gasteiger partial charge in [-0.15, -0.1) is 0 Å². The van der Waals surface area contributed by atoms with E-state index in [1.54, 1.807) is 0 Å². The first-order valence-electron chi connectivity index (χ1n) is 6.35. The second-order valence-corrected chi connectivity index (χ2v) is 7.32. The van der Waals surface area contributed by atoms with Gasteiger partial charge in [-0.25, -0.2) is 0 Å². The Labute approximate surface area is 114 Å². The first kappa shape index (κ1) is 13.2. The van der Waals surface area contributed by atoms with Crippen LogP contribution in [0.25, 0.3) is 0 Å². The zero-order valence-electron chi connectivity index (χ0n) is 10.4. The van der Waals surface area contributed by atoms with E-state index in [1.807, 2.05) is 6.92 Å². The van der Waals surface area contributed by atoms with E-state index in [0.29, 0.717) is 6.10 Å². The zero-order chi connectivity index (χ0) is 11.9. The first-order chi connectivity index (χ1) is 8.38. The van der Waals surface area contributed by atoms with Gasteiger partial charge in [-0.2, -0.15) is 0 Å². The molecule has 0 N–H and O–H groups in total. The van der Waals surface area contributed by atoms with E-state index in [9.17, 15) is 0 Å². The Morgan fingerprint density at radius 3 is 2.76 bits per heavy atom. The molecule has 17 heavy (non-hydrogen) atoms. The zero-order valence-corrected chi connectivity index (χ0v) is 12.7. The minimum atomic E-state index is -0.0852. The maximum atomic E-state index is 5.77. The Hall–Kier alpha value is -0.230. The van der Waals surface area contributed by atoms with Crippen molar-refractivity contribution in [2.45, 2.75) is 36.8 Å². The molecule has 3 heteroatoms. The summed E-state index contributed by atoms with van der Waals surface area (Å²) in [6, 6.07) is 8.61. The van der Waals surface area contributed by atoms with Crippen LogP contribution < -0.4 is 8.35 Å². The molecular weight excluding hydrogens is 328 g/mol. The van der Waals surface area contributed by atoms with Gasteiger partial charge in [0.15, 0.2) is 0 Å². The van der Waals surface area contributed by atoms with Crippen molar-refractivity contribution in [2.24, 2.45) is 0 Å². The van der Waals surface area contributed by atoms with Crippen LogP contribution in [0.4, 0.5) is 0 Å². The van der Waals surface area contributed by atoms with Crippen LogP contribution >= 0.6 is 0 Å². The fourth-order valence-electron chi connectivity index (χ4n) is 1.93. The van der Waals surface area contributed by atoms with Gasteiger partial charge in [0.25, 0.3) is 0 Å². The van der Waals surface area contributed by atoms with Gasteiger partial charge < -0.3 is 0 Å². The second-order valence-electron chi connectivity index (χ2n) is 4.20. The molecule has 1 saturated heterocycles. The Kier molecular flexibility index (Phi) is 5.64. The monoisotopic (exact) mass is 350 g/mol. The summed E-state index contributed by atoms with van der Waals surface area (Å²) in [7, 11) is 0. The Morgan fingerprint density at radius 1 is 1.29 bits per heavy atom. The molecule has 0 saturated carbocycles. The molecule has 1 aromatic carbocycles. The molecule has 1 unspecified atom stereocenters. The summed E-state index contributed by atoms with van der Waals surface area (Å²) < 4.78 is 14.0. The van der Waals surface area contributed by atoms with Crippen molar-refractivity contribution in [3.05, 3.63) is 24.3 Å². The topological polar surface area (TPSA) is 18.5 Å². The molecule has 1 aromatic rings. The van der Waals surface area contributed by atoms with Crippen LogP contribution in [0, 0.1) is 0 Å². The molecule has 0 bridgehead atoms. The average Bonchev–Trinajstić information content (AvgIpc) is 2.40. The van der Waals surface area contributed by atoms with Gasteiger partial charge in [0.2, 0.25) is 0 Å². The van der Waals surface area contributed by atoms with E-state index in [-0.39, 0.29) is 20.9 Å². The Bertz CT molecular complexity index is 317. The first-order valence-corrected chi connectivity index (χ1v) is 9.17. The summed E-state index contributed by atoms with van der Waals surface area (Å²) in [5.74, 6) is 0.984. The second kappa shape index (κ2) is 7.26. The molecule has 2 rings (SSSR count). The van der Waals surface area contributed by atoms with E-state index in [0.717, 1.165) is 19.0 Å². The number of ether oxygens (including phenoxy) is 2. The summed E-state index contributed by atoms with van der Waals surface area (Å²) >= 11 is -0.0852. The van der Waals surface area contributed by atoms with E-state index in [4.69, 9.17) is 9.47 Å². The molecule has 1 fully saturated rings. The molecule has 2 nitrogen and oxygen atoms in total. The summed E-state index contributed by atoms with van der Waals surface area (Å²) in [6.45, 7) is 3.73. The molecule has 0 spiro atoms. The van der Waals surface area contributed by atoms with Crippen LogP contribution in [0.5, 0.6) is 5.75 Å². The molecule has 1 aliphatic heterocycles. The van der Waals surface area contributed by atoms with Crippen molar-refractivity contribution in [1.29, 1.82) is 0 Å². The van der Waals surface area contributed by atoms with Crippen molar-refractivity contribution >= 4 is 24.5 Å². The summed E-state index contributed by atoms with van der Waals surface area (Å²) in [5.41, 5.74) is 0. The summed E-state index contributed by atoms with van der Waals surface area (Å²) in [6.07, 6.45) is 4.40. The Morgan fingerprint density at radius 2 is 2.12 bits per heavy atom. The molecule has 1 aliphatic rings. The van der Waals surface area contributed by atoms with Gasteiger partial charge in [0.1, 0.15) is 0 Å². The van der Waals surface area contributed by atoms with E-state index < -0.39 is 0 Å². The minimum absolute atomic E-state index is 0.0852. The van der Waals surface area contributed by atoms with E-state index in [1.165, 1.54) is 27.3 Å². The van der Waals surface area contributed by atoms with Gasteiger partial charge in [-0.1, -0.05) is 0 Å². The average molecular weight is 348 g/mol. The van der Waals surface area contributed by atoms with Crippen molar-refractivity contribution in [1.82, 2.24) is 0 Å². The molecule has 1 heterocycles. The molecule has 0 radical (unpaired) electrons. The van der Waals surface area contributed by atoms with Crippen molar-refractivity contribution in [2.75, 3.05) is 13.2 Å². The fraction of sp³-hybridized carbons (Fsp3) is 0.571. The normalized spacial score (nSPS) is 20.2. The van der Waals surface area contributed by atoms with Gasteiger partial charge in [0, 0.05) is 0 Å². The van der Waals surface area contributed by atoms with Crippen LogP contribution in [0.2, 0.25) is 4.47 Å². The number of hydrogen-bond donors (Lipinski definition) is 0. The third-order valence-electron chi connectivity index (χ3n) is 2.84. The van der Waals surface area contributed by atoms with E-state index in [2.05, 4.69) is 24.3 Å². The van der Waals surface area contributed by atoms with Crippen LogP contribution in [-0.4, -0.2) is 40.2 Å². The fourth-order valence-corrected chi connectivity index (χ4v) is 4.69. The molecule has 0 amide bonds. The van der Waals surface area contributed by atoms with Crippen LogP contribution in [0.15, 0.2) is 24.3 Å². The van der Waals surface area contributed by atoms with E-state index >= 15 is 0 Å². The van der Waals surface area contributed by atoms with Crippen molar-refractivity contribution < 1.29 is 9.47 Å². The van der Waals surface area contributed by atoms with Crippen LogP contribution in [0.3, 0.4) is 0 Å². The van der Waals surface area contributed by atoms with Gasteiger partial charge >= 0.3 is 114 Å². The number of benzene rings is 1.